The van der Waals surface area contributed by atoms with E-state index in [4.69, 9.17) is 0 Å². The first-order chi connectivity index (χ1) is 8.63. The number of rotatable bonds is 2. The van der Waals surface area contributed by atoms with Crippen molar-refractivity contribution in [1.82, 2.24) is 9.88 Å². The molecule has 18 heavy (non-hydrogen) atoms. The molecule has 1 aliphatic heterocycles. The van der Waals surface area contributed by atoms with Crippen molar-refractivity contribution >= 4 is 11.6 Å². The Bertz CT molecular complexity index is 433. The summed E-state index contributed by atoms with van der Waals surface area (Å²) >= 11 is 0. The maximum absolute atomic E-state index is 12.6. The van der Waals surface area contributed by atoms with Crippen molar-refractivity contribution in [1.29, 1.82) is 0 Å². The molecule has 2 heterocycles. The molecule has 1 saturated heterocycles. The number of aromatic nitrogens is 1. The van der Waals surface area contributed by atoms with Crippen LogP contribution in [0.15, 0.2) is 18.5 Å². The molecule has 0 aromatic carbocycles. The highest BCUT2D eigenvalue weighted by Gasteiger charge is 2.28. The molecule has 0 radical (unpaired) electrons. The molecule has 0 bridgehead atoms. The van der Waals surface area contributed by atoms with E-state index < -0.39 is 0 Å². The van der Waals surface area contributed by atoms with Gasteiger partial charge in [-0.15, -0.1) is 0 Å². The van der Waals surface area contributed by atoms with E-state index in [1.165, 1.54) is 0 Å². The van der Waals surface area contributed by atoms with Crippen molar-refractivity contribution in [2.45, 2.75) is 32.7 Å². The Balaban J connectivity index is 2.20. The number of anilines is 1. The summed E-state index contributed by atoms with van der Waals surface area (Å²) in [5, 5.41) is 3.03. The van der Waals surface area contributed by atoms with Gasteiger partial charge in [-0.2, -0.15) is 0 Å². The Hall–Kier alpha value is -1.58. The van der Waals surface area contributed by atoms with Crippen molar-refractivity contribution in [3.8, 4) is 0 Å². The fourth-order valence-corrected chi connectivity index (χ4v) is 2.64. The van der Waals surface area contributed by atoms with Gasteiger partial charge in [-0.3, -0.25) is 9.78 Å². The predicted molar refractivity (Wildman–Crippen MR) is 72.7 cm³/mol. The molecule has 1 N–H and O–H groups in total. The quantitative estimate of drug-likeness (QED) is 0.872. The highest BCUT2D eigenvalue weighted by Crippen LogP contribution is 2.25. The second-order valence-electron chi connectivity index (χ2n) is 5.15. The summed E-state index contributed by atoms with van der Waals surface area (Å²) in [5.41, 5.74) is 1.52. The number of hydrogen-bond acceptors (Lipinski definition) is 3. The Labute approximate surface area is 108 Å². The van der Waals surface area contributed by atoms with Crippen molar-refractivity contribution < 1.29 is 4.79 Å². The molecule has 1 aliphatic rings. The maximum Gasteiger partial charge on any atom is 0.256 e. The number of hydrogen-bond donors (Lipinski definition) is 1. The van der Waals surface area contributed by atoms with Gasteiger partial charge in [0, 0.05) is 25.8 Å². The zero-order valence-electron chi connectivity index (χ0n) is 11.3. The van der Waals surface area contributed by atoms with E-state index in [1.807, 2.05) is 11.9 Å². The molecule has 0 aliphatic carbocycles. The average molecular weight is 247 g/mol. The number of nitrogens with one attached hydrogen (secondary N) is 1. The number of likely N-dealkylation sites (tertiary alicyclic amines) is 1. The second-order valence-corrected chi connectivity index (χ2v) is 5.15. The van der Waals surface area contributed by atoms with Crippen LogP contribution in [0.5, 0.6) is 0 Å². The number of nitrogens with zero attached hydrogens (tertiary/aromatic N) is 2. The number of carbonyl (C=O) groups is 1. The summed E-state index contributed by atoms with van der Waals surface area (Å²) in [7, 11) is 1.81. The molecule has 4 nitrogen and oxygen atoms in total. The van der Waals surface area contributed by atoms with Crippen LogP contribution in [0.3, 0.4) is 0 Å². The minimum Gasteiger partial charge on any atom is -0.386 e. The highest BCUT2D eigenvalue weighted by molar-refractivity contribution is 5.99. The molecule has 4 heteroatoms. The fourth-order valence-electron chi connectivity index (χ4n) is 2.64. The van der Waals surface area contributed by atoms with Crippen LogP contribution < -0.4 is 5.32 Å². The number of pyridine rings is 1. The molecule has 1 aromatic rings. The summed E-state index contributed by atoms with van der Waals surface area (Å²) in [6.45, 7) is 5.24. The number of piperidine rings is 1. The van der Waals surface area contributed by atoms with Crippen LogP contribution >= 0.6 is 0 Å². The Morgan fingerprint density at radius 1 is 1.50 bits per heavy atom. The van der Waals surface area contributed by atoms with E-state index in [0.29, 0.717) is 17.5 Å². The molecule has 2 unspecified atom stereocenters. The van der Waals surface area contributed by atoms with Gasteiger partial charge >= 0.3 is 0 Å². The van der Waals surface area contributed by atoms with E-state index in [1.54, 1.807) is 18.5 Å². The molecule has 0 saturated carbocycles. The number of carbonyl (C=O) groups excluding carboxylic acids is 1. The van der Waals surface area contributed by atoms with Gasteiger partial charge in [0.2, 0.25) is 0 Å². The van der Waals surface area contributed by atoms with Crippen LogP contribution in [0.4, 0.5) is 5.69 Å². The van der Waals surface area contributed by atoms with Gasteiger partial charge in [-0.25, -0.2) is 0 Å². The van der Waals surface area contributed by atoms with Gasteiger partial charge in [0.05, 0.1) is 17.4 Å². The van der Waals surface area contributed by atoms with Crippen LogP contribution in [0.1, 0.15) is 37.0 Å². The molecule has 1 fully saturated rings. The SMILES string of the molecule is CNc1cnccc1C(=O)N1CCC(C)CC1C. The number of amides is 1. The molecule has 2 atom stereocenters. The minimum absolute atomic E-state index is 0.112. The van der Waals surface area contributed by atoms with Crippen molar-refractivity contribution in [3.05, 3.63) is 24.0 Å². The summed E-state index contributed by atoms with van der Waals surface area (Å²) in [5.74, 6) is 0.825. The van der Waals surface area contributed by atoms with Crippen molar-refractivity contribution in [3.63, 3.8) is 0 Å². The zero-order chi connectivity index (χ0) is 13.1. The third-order valence-corrected chi connectivity index (χ3v) is 3.72. The van der Waals surface area contributed by atoms with E-state index in [9.17, 15) is 4.79 Å². The second kappa shape index (κ2) is 5.38. The van der Waals surface area contributed by atoms with E-state index in [0.717, 1.165) is 25.1 Å². The van der Waals surface area contributed by atoms with Gasteiger partial charge in [-0.1, -0.05) is 6.92 Å². The summed E-state index contributed by atoms with van der Waals surface area (Å²) < 4.78 is 0. The van der Waals surface area contributed by atoms with Gasteiger partial charge in [-0.05, 0) is 31.7 Å². The molecule has 0 spiro atoms. The van der Waals surface area contributed by atoms with Crippen molar-refractivity contribution in [2.75, 3.05) is 18.9 Å². The lowest BCUT2D eigenvalue weighted by molar-refractivity contribution is 0.0589. The topological polar surface area (TPSA) is 45.2 Å². The van der Waals surface area contributed by atoms with Gasteiger partial charge in [0.15, 0.2) is 0 Å². The minimum atomic E-state index is 0.112. The third kappa shape index (κ3) is 2.47. The largest absolute Gasteiger partial charge is 0.386 e. The smallest absolute Gasteiger partial charge is 0.256 e. The van der Waals surface area contributed by atoms with E-state index >= 15 is 0 Å². The average Bonchev–Trinajstić information content (AvgIpc) is 2.38. The molecule has 1 aromatic heterocycles. The van der Waals surface area contributed by atoms with Crippen LogP contribution in [0.25, 0.3) is 0 Å². The van der Waals surface area contributed by atoms with E-state index in [2.05, 4.69) is 24.1 Å². The normalized spacial score (nSPS) is 23.8. The monoisotopic (exact) mass is 247 g/mol. The van der Waals surface area contributed by atoms with Crippen molar-refractivity contribution in [2.24, 2.45) is 5.92 Å². The zero-order valence-corrected chi connectivity index (χ0v) is 11.3. The summed E-state index contributed by atoms with van der Waals surface area (Å²) in [6, 6.07) is 2.11. The molecule has 98 valence electrons. The molecule has 1 amide bonds. The van der Waals surface area contributed by atoms with Crippen LogP contribution in [0, 0.1) is 5.92 Å². The first-order valence-corrected chi connectivity index (χ1v) is 6.56. The maximum atomic E-state index is 12.6. The Kier molecular flexibility index (Phi) is 3.84. The fraction of sp³-hybridized carbons (Fsp3) is 0.571. The van der Waals surface area contributed by atoms with E-state index in [-0.39, 0.29) is 5.91 Å². The Morgan fingerprint density at radius 2 is 2.28 bits per heavy atom. The summed E-state index contributed by atoms with van der Waals surface area (Å²) in [6.07, 6.45) is 5.55. The first-order valence-electron chi connectivity index (χ1n) is 6.56. The molecular formula is C14H21N3O. The van der Waals surface area contributed by atoms with Crippen LogP contribution in [-0.4, -0.2) is 35.4 Å². The predicted octanol–water partition coefficient (Wildman–Crippen LogP) is 2.38. The van der Waals surface area contributed by atoms with Gasteiger partial charge < -0.3 is 10.2 Å². The lowest BCUT2D eigenvalue weighted by Gasteiger charge is -2.36. The molecule has 2 rings (SSSR count). The van der Waals surface area contributed by atoms with Crippen LogP contribution in [-0.2, 0) is 0 Å². The third-order valence-electron chi connectivity index (χ3n) is 3.72. The van der Waals surface area contributed by atoms with Gasteiger partial charge in [0.1, 0.15) is 0 Å². The first kappa shape index (κ1) is 12.9. The lowest BCUT2D eigenvalue weighted by atomic mass is 9.93. The summed E-state index contributed by atoms with van der Waals surface area (Å²) in [4.78, 5) is 18.6. The van der Waals surface area contributed by atoms with Gasteiger partial charge in [0.25, 0.3) is 5.91 Å². The molecular weight excluding hydrogens is 226 g/mol. The lowest BCUT2D eigenvalue weighted by Crippen LogP contribution is -2.44. The Morgan fingerprint density at radius 3 is 2.94 bits per heavy atom. The van der Waals surface area contributed by atoms with Crippen LogP contribution in [0.2, 0.25) is 0 Å². The highest BCUT2D eigenvalue weighted by atomic mass is 16.2. The standard InChI is InChI=1S/C14H21N3O/c1-10-5-7-17(11(2)8-10)14(18)12-4-6-16-9-13(12)15-3/h4,6,9-11,15H,5,7-8H2,1-3H3.